The zero-order chi connectivity index (χ0) is 27.5. The third-order valence-corrected chi connectivity index (χ3v) is 8.48. The van der Waals surface area contributed by atoms with Crippen molar-refractivity contribution in [2.24, 2.45) is 11.8 Å². The first-order chi connectivity index (χ1) is 19.5. The molecule has 3 saturated heterocycles. The predicted molar refractivity (Wildman–Crippen MR) is 150 cm³/mol. The van der Waals surface area contributed by atoms with E-state index in [4.69, 9.17) is 9.47 Å². The number of alkyl carbamates (subject to hydrolysis) is 1. The number of ether oxygens (including phenoxy) is 2. The second-order valence-electron chi connectivity index (χ2n) is 11.2. The molecular weight excluding hydrogens is 506 g/mol. The van der Waals surface area contributed by atoms with Crippen LogP contribution in [0, 0.1) is 18.8 Å². The number of amides is 2. The number of hydrogen-bond acceptors (Lipinski definition) is 6. The molecule has 9 heteroatoms. The molecule has 4 atom stereocenters. The van der Waals surface area contributed by atoms with Gasteiger partial charge in [-0.1, -0.05) is 48.5 Å². The minimum absolute atomic E-state index is 0.0696. The van der Waals surface area contributed by atoms with Gasteiger partial charge in [-0.25, -0.2) is 9.48 Å². The highest BCUT2D eigenvalue weighted by Gasteiger charge is 2.42. The van der Waals surface area contributed by atoms with Crippen molar-refractivity contribution < 1.29 is 19.1 Å². The second-order valence-corrected chi connectivity index (χ2v) is 11.2. The molecule has 0 aliphatic carbocycles. The Morgan fingerprint density at radius 3 is 2.40 bits per heavy atom. The van der Waals surface area contributed by atoms with Crippen LogP contribution in [0.15, 0.2) is 66.9 Å². The largest absolute Gasteiger partial charge is 0.444 e. The molecule has 0 spiro atoms. The molecular formula is C31H37N5O4. The fraction of sp³-hybridized carbons (Fsp3) is 0.452. The van der Waals surface area contributed by atoms with Crippen LogP contribution in [0.1, 0.15) is 40.5 Å². The molecule has 2 aromatic carbocycles. The van der Waals surface area contributed by atoms with Gasteiger partial charge in [-0.15, -0.1) is 0 Å². The van der Waals surface area contributed by atoms with Crippen molar-refractivity contribution in [3.63, 3.8) is 0 Å². The van der Waals surface area contributed by atoms with Crippen LogP contribution in [0.4, 0.5) is 4.79 Å². The monoisotopic (exact) mass is 543 g/mol. The summed E-state index contributed by atoms with van der Waals surface area (Å²) in [5.74, 6) is 0.993. The molecule has 0 saturated carbocycles. The Bertz CT molecular complexity index is 1290. The van der Waals surface area contributed by atoms with Crippen LogP contribution >= 0.6 is 0 Å². The average molecular weight is 544 g/mol. The number of rotatable bonds is 8. The van der Waals surface area contributed by atoms with Crippen LogP contribution < -0.4 is 5.32 Å². The van der Waals surface area contributed by atoms with Gasteiger partial charge in [0, 0.05) is 39.1 Å². The molecule has 3 aliphatic rings. The molecule has 3 unspecified atom stereocenters. The van der Waals surface area contributed by atoms with Gasteiger partial charge in [-0.2, -0.15) is 5.10 Å². The second kappa shape index (κ2) is 11.8. The van der Waals surface area contributed by atoms with Gasteiger partial charge < -0.3 is 24.6 Å². The molecule has 0 bridgehead atoms. The number of carbonyl (C=O) groups excluding carboxylic acids is 2. The van der Waals surface area contributed by atoms with Crippen molar-refractivity contribution in [3.05, 3.63) is 83.7 Å². The number of likely N-dealkylation sites (tertiary alicyclic amines) is 2. The molecule has 3 aromatic rings. The number of aromatic nitrogens is 2. The average Bonchev–Trinajstić information content (AvgIpc) is 3.77. The van der Waals surface area contributed by atoms with Gasteiger partial charge in [0.2, 0.25) is 0 Å². The van der Waals surface area contributed by atoms with Crippen molar-refractivity contribution in [2.75, 3.05) is 45.9 Å². The van der Waals surface area contributed by atoms with Gasteiger partial charge in [0.1, 0.15) is 6.10 Å². The van der Waals surface area contributed by atoms with E-state index in [-0.39, 0.29) is 24.1 Å². The lowest BCUT2D eigenvalue weighted by Gasteiger charge is -2.25. The van der Waals surface area contributed by atoms with Crippen LogP contribution in [0.5, 0.6) is 0 Å². The first-order valence-corrected chi connectivity index (χ1v) is 14.3. The maximum atomic E-state index is 13.4. The van der Waals surface area contributed by atoms with Crippen molar-refractivity contribution in [2.45, 2.75) is 31.9 Å². The van der Waals surface area contributed by atoms with E-state index in [1.54, 1.807) is 6.20 Å². The lowest BCUT2D eigenvalue weighted by atomic mass is 10.0. The van der Waals surface area contributed by atoms with Crippen molar-refractivity contribution >= 4 is 12.0 Å². The van der Waals surface area contributed by atoms with E-state index >= 15 is 0 Å². The molecule has 40 heavy (non-hydrogen) atoms. The number of para-hydroxylation sites is 1. The highest BCUT2D eigenvalue weighted by Crippen LogP contribution is 2.33. The minimum atomic E-state index is -0.386. The normalized spacial score (nSPS) is 23.2. The molecule has 4 heterocycles. The zero-order valence-corrected chi connectivity index (χ0v) is 22.9. The van der Waals surface area contributed by atoms with Crippen LogP contribution in [0.2, 0.25) is 0 Å². The summed E-state index contributed by atoms with van der Waals surface area (Å²) in [4.78, 5) is 30.5. The molecule has 0 radical (unpaired) electrons. The number of nitrogens with one attached hydrogen (secondary N) is 1. The SMILES string of the molecule is Cc1c(C(=O)N2CC3CN(CCC(NC(=O)OC4CCOC4)c4ccccc4)C[C@H]3C2)cnn1-c1ccccc1. The Balaban J connectivity index is 1.03. The zero-order valence-electron chi connectivity index (χ0n) is 22.9. The maximum absolute atomic E-state index is 13.4. The third-order valence-electron chi connectivity index (χ3n) is 8.48. The van der Waals surface area contributed by atoms with Crippen molar-refractivity contribution in [1.82, 2.24) is 24.9 Å². The third kappa shape index (κ3) is 5.76. The molecule has 6 rings (SSSR count). The number of hydrogen-bond donors (Lipinski definition) is 1. The van der Waals surface area contributed by atoms with Crippen LogP contribution in [-0.4, -0.2) is 83.6 Å². The summed E-state index contributed by atoms with van der Waals surface area (Å²) in [6, 6.07) is 19.9. The van der Waals surface area contributed by atoms with E-state index in [0.717, 1.165) is 62.5 Å². The van der Waals surface area contributed by atoms with Crippen LogP contribution in [-0.2, 0) is 9.47 Å². The Labute approximate surface area is 235 Å². The Hall–Kier alpha value is -3.69. The highest BCUT2D eigenvalue weighted by molar-refractivity contribution is 5.95. The summed E-state index contributed by atoms with van der Waals surface area (Å²) in [6.07, 6.45) is 2.68. The summed E-state index contributed by atoms with van der Waals surface area (Å²) < 4.78 is 12.7. The highest BCUT2D eigenvalue weighted by atomic mass is 16.6. The molecule has 1 aromatic heterocycles. The molecule has 9 nitrogen and oxygen atoms in total. The smallest absolute Gasteiger partial charge is 0.407 e. The maximum Gasteiger partial charge on any atom is 0.407 e. The van der Waals surface area contributed by atoms with Gasteiger partial charge in [0.15, 0.2) is 0 Å². The van der Waals surface area contributed by atoms with E-state index in [2.05, 4.69) is 15.3 Å². The fourth-order valence-corrected chi connectivity index (χ4v) is 6.31. The molecule has 2 amide bonds. The van der Waals surface area contributed by atoms with Crippen LogP contribution in [0.3, 0.4) is 0 Å². The fourth-order valence-electron chi connectivity index (χ4n) is 6.31. The quantitative estimate of drug-likeness (QED) is 0.465. The van der Waals surface area contributed by atoms with Crippen LogP contribution in [0.25, 0.3) is 5.69 Å². The predicted octanol–water partition coefficient (Wildman–Crippen LogP) is 3.83. The molecule has 3 aliphatic heterocycles. The van der Waals surface area contributed by atoms with Crippen molar-refractivity contribution in [1.29, 1.82) is 0 Å². The first-order valence-electron chi connectivity index (χ1n) is 14.3. The van der Waals surface area contributed by atoms with E-state index in [9.17, 15) is 9.59 Å². The summed E-state index contributed by atoms with van der Waals surface area (Å²) in [6.45, 7) is 7.39. The number of carbonyl (C=O) groups is 2. The lowest BCUT2D eigenvalue weighted by molar-refractivity contribution is 0.0773. The van der Waals surface area contributed by atoms with E-state index in [0.29, 0.717) is 30.6 Å². The van der Waals surface area contributed by atoms with Crippen molar-refractivity contribution in [3.8, 4) is 5.69 Å². The van der Waals surface area contributed by atoms with Gasteiger partial charge in [-0.05, 0) is 42.9 Å². The standard InChI is InChI=1S/C31H37N5O4/c1-22-28(16-32-36(22)26-10-6-3-7-11-26)30(37)35-19-24-17-34(18-25(24)20-35)14-12-29(23-8-4-2-5-9-23)33-31(38)40-27-13-15-39-21-27/h2-11,16,24-25,27,29H,12-15,17-21H2,1H3,(H,33,38)/t24-,25?,27?,29?/m0/s1. The number of benzene rings is 2. The summed E-state index contributed by atoms with van der Waals surface area (Å²) in [7, 11) is 0. The topological polar surface area (TPSA) is 88.9 Å². The molecule has 3 fully saturated rings. The summed E-state index contributed by atoms with van der Waals surface area (Å²) in [5, 5.41) is 7.58. The lowest BCUT2D eigenvalue weighted by Crippen LogP contribution is -2.36. The van der Waals surface area contributed by atoms with Gasteiger partial charge in [0.25, 0.3) is 5.91 Å². The Morgan fingerprint density at radius 2 is 1.73 bits per heavy atom. The van der Waals surface area contributed by atoms with Gasteiger partial charge in [-0.3, -0.25) is 4.79 Å². The van der Waals surface area contributed by atoms with E-state index in [1.807, 2.05) is 77.2 Å². The molecule has 1 N–H and O–H groups in total. The Kier molecular flexibility index (Phi) is 7.84. The van der Waals surface area contributed by atoms with Gasteiger partial charge in [0.05, 0.1) is 42.4 Å². The first kappa shape index (κ1) is 26.5. The summed E-state index contributed by atoms with van der Waals surface area (Å²) in [5.41, 5.74) is 3.57. The Morgan fingerprint density at radius 1 is 1.02 bits per heavy atom. The summed E-state index contributed by atoms with van der Waals surface area (Å²) >= 11 is 0. The molecule has 210 valence electrons. The van der Waals surface area contributed by atoms with E-state index < -0.39 is 0 Å². The van der Waals surface area contributed by atoms with Gasteiger partial charge >= 0.3 is 6.09 Å². The number of fused-ring (bicyclic) bond motifs is 1. The van der Waals surface area contributed by atoms with E-state index in [1.165, 1.54) is 0 Å². The minimum Gasteiger partial charge on any atom is -0.444 e. The number of nitrogens with zero attached hydrogens (tertiary/aromatic N) is 4.